The third kappa shape index (κ3) is 2.48. The zero-order valence-corrected chi connectivity index (χ0v) is 13.6. The molecular weight excluding hydrogens is 387 g/mol. The van der Waals surface area contributed by atoms with Crippen LogP contribution in [0.1, 0.15) is 23.0 Å². The first-order valence-electron chi connectivity index (χ1n) is 6.42. The Labute approximate surface area is 137 Å². The largest absolute Gasteiger partial charge is 0.420 e. The summed E-state index contributed by atoms with van der Waals surface area (Å²) in [6.07, 6.45) is -3.24. The molecule has 22 heavy (non-hydrogen) atoms. The maximum atomic E-state index is 13.1. The van der Waals surface area contributed by atoms with Crippen LogP contribution in [0.2, 0.25) is 5.15 Å². The van der Waals surface area contributed by atoms with Crippen molar-refractivity contribution in [2.45, 2.75) is 13.1 Å². The summed E-state index contributed by atoms with van der Waals surface area (Å²) in [6, 6.07) is 0.915. The molecule has 0 aromatic carbocycles. The molecule has 0 N–H and O–H groups in total. The second-order valence-electron chi connectivity index (χ2n) is 5.33. The van der Waals surface area contributed by atoms with Crippen molar-refractivity contribution in [3.8, 4) is 0 Å². The lowest BCUT2D eigenvalue weighted by molar-refractivity contribution is -0.136. The number of fused-ring (bicyclic) bond motifs is 1. The number of pyridine rings is 1. The minimum absolute atomic E-state index is 0.119. The van der Waals surface area contributed by atoms with E-state index in [2.05, 4.69) is 20.9 Å². The van der Waals surface area contributed by atoms with E-state index in [-0.39, 0.29) is 21.0 Å². The highest BCUT2D eigenvalue weighted by Crippen LogP contribution is 2.36. The second kappa shape index (κ2) is 5.13. The molecule has 0 atom stereocenters. The quantitative estimate of drug-likeness (QED) is 0.734. The first-order chi connectivity index (χ1) is 10.2. The van der Waals surface area contributed by atoms with Gasteiger partial charge in [-0.3, -0.25) is 9.20 Å². The van der Waals surface area contributed by atoms with Crippen molar-refractivity contribution in [3.63, 3.8) is 0 Å². The van der Waals surface area contributed by atoms with Gasteiger partial charge in [0, 0.05) is 23.8 Å². The highest BCUT2D eigenvalue weighted by molar-refractivity contribution is 9.10. The Morgan fingerprint density at radius 1 is 1.45 bits per heavy atom. The first-order valence-corrected chi connectivity index (χ1v) is 7.59. The van der Waals surface area contributed by atoms with Gasteiger partial charge in [0.1, 0.15) is 5.15 Å². The predicted molar refractivity (Wildman–Crippen MR) is 78.0 cm³/mol. The topological polar surface area (TPSA) is 37.6 Å². The van der Waals surface area contributed by atoms with Crippen LogP contribution in [0.3, 0.4) is 0 Å². The molecule has 2 aromatic rings. The van der Waals surface area contributed by atoms with Crippen molar-refractivity contribution >= 4 is 39.1 Å². The molecule has 4 nitrogen and oxygen atoms in total. The molecule has 1 aliphatic rings. The number of hydrogen-bond acceptors (Lipinski definition) is 2. The molecule has 0 radical (unpaired) electrons. The first kappa shape index (κ1) is 15.6. The standard InChI is InChI=1S/C13H10BrClF3N3O/c1-6-3-20(4-6)12(22)9-10(15)21-5-7(14)2-8(11(21)19-9)13(16,17)18/h2,5-6H,3-4H2,1H3. The van der Waals surface area contributed by atoms with Gasteiger partial charge in [-0.2, -0.15) is 13.2 Å². The monoisotopic (exact) mass is 395 g/mol. The fraction of sp³-hybridized carbons (Fsp3) is 0.385. The van der Waals surface area contributed by atoms with Crippen molar-refractivity contribution in [2.75, 3.05) is 13.1 Å². The lowest BCUT2D eigenvalue weighted by Gasteiger charge is -2.36. The number of halogens is 5. The zero-order chi connectivity index (χ0) is 16.2. The van der Waals surface area contributed by atoms with E-state index in [0.717, 1.165) is 10.5 Å². The number of nitrogens with zero attached hydrogens (tertiary/aromatic N) is 3. The number of carbonyl (C=O) groups is 1. The van der Waals surface area contributed by atoms with Crippen LogP contribution >= 0.6 is 27.5 Å². The highest BCUT2D eigenvalue weighted by Gasteiger charge is 2.37. The van der Waals surface area contributed by atoms with E-state index in [1.807, 2.05) is 6.92 Å². The number of carbonyl (C=O) groups excluding carboxylic acids is 1. The molecule has 0 unspecified atom stereocenters. The van der Waals surface area contributed by atoms with Crippen LogP contribution < -0.4 is 0 Å². The Bertz CT molecular complexity index is 768. The molecule has 3 rings (SSSR count). The van der Waals surface area contributed by atoms with E-state index in [1.165, 1.54) is 11.1 Å². The Kier molecular flexibility index (Phi) is 3.64. The maximum absolute atomic E-state index is 13.1. The number of imidazole rings is 1. The number of likely N-dealkylation sites (tertiary alicyclic amines) is 1. The van der Waals surface area contributed by atoms with Gasteiger partial charge in [0.15, 0.2) is 11.3 Å². The Morgan fingerprint density at radius 2 is 2.09 bits per heavy atom. The zero-order valence-electron chi connectivity index (χ0n) is 11.3. The third-order valence-corrected chi connectivity index (χ3v) is 4.28. The SMILES string of the molecule is CC1CN(C(=O)c2nc3c(C(F)(F)F)cc(Br)cn3c2Cl)C1. The third-order valence-electron chi connectivity index (χ3n) is 3.49. The average Bonchev–Trinajstić information content (AvgIpc) is 2.70. The van der Waals surface area contributed by atoms with Crippen LogP contribution in [0.15, 0.2) is 16.7 Å². The molecule has 0 spiro atoms. The summed E-state index contributed by atoms with van der Waals surface area (Å²) in [4.78, 5) is 17.6. The number of amides is 1. The Hall–Kier alpha value is -1.28. The van der Waals surface area contributed by atoms with E-state index in [0.29, 0.717) is 19.0 Å². The average molecular weight is 397 g/mol. The van der Waals surface area contributed by atoms with Gasteiger partial charge in [0.2, 0.25) is 0 Å². The molecule has 3 heterocycles. The molecule has 0 aliphatic carbocycles. The van der Waals surface area contributed by atoms with E-state index in [4.69, 9.17) is 11.6 Å². The molecule has 2 aromatic heterocycles. The van der Waals surface area contributed by atoms with Crippen LogP contribution in [0, 0.1) is 5.92 Å². The van der Waals surface area contributed by atoms with Gasteiger partial charge in [0.25, 0.3) is 5.91 Å². The fourth-order valence-electron chi connectivity index (χ4n) is 2.44. The lowest BCUT2D eigenvalue weighted by atomic mass is 10.0. The van der Waals surface area contributed by atoms with Gasteiger partial charge in [0.05, 0.1) is 5.56 Å². The van der Waals surface area contributed by atoms with Gasteiger partial charge in [-0.15, -0.1) is 0 Å². The normalized spacial score (nSPS) is 16.2. The van der Waals surface area contributed by atoms with Gasteiger partial charge in [-0.1, -0.05) is 18.5 Å². The van der Waals surface area contributed by atoms with E-state index >= 15 is 0 Å². The van der Waals surface area contributed by atoms with Crippen LogP contribution in [0.4, 0.5) is 13.2 Å². The van der Waals surface area contributed by atoms with Crippen molar-refractivity contribution in [2.24, 2.45) is 5.92 Å². The molecule has 1 fully saturated rings. The van der Waals surface area contributed by atoms with Crippen LogP contribution in [0.5, 0.6) is 0 Å². The van der Waals surface area contributed by atoms with Crippen molar-refractivity contribution in [3.05, 3.63) is 33.1 Å². The summed E-state index contributed by atoms with van der Waals surface area (Å²) in [6.45, 7) is 3.09. The molecule has 118 valence electrons. The summed E-state index contributed by atoms with van der Waals surface area (Å²) in [7, 11) is 0. The summed E-state index contributed by atoms with van der Waals surface area (Å²) in [5, 5.41) is -0.119. The van der Waals surface area contributed by atoms with Crippen molar-refractivity contribution in [1.82, 2.24) is 14.3 Å². The number of rotatable bonds is 1. The molecule has 0 saturated carbocycles. The molecule has 9 heteroatoms. The van der Waals surface area contributed by atoms with E-state index < -0.39 is 17.6 Å². The van der Waals surface area contributed by atoms with E-state index in [1.54, 1.807) is 0 Å². The van der Waals surface area contributed by atoms with Gasteiger partial charge in [-0.05, 0) is 27.9 Å². The number of aromatic nitrogens is 2. The second-order valence-corrected chi connectivity index (χ2v) is 6.60. The molecular formula is C13H10BrClF3N3O. The Balaban J connectivity index is 2.14. The summed E-state index contributed by atoms with van der Waals surface area (Å²) in [5.41, 5.74) is -1.48. The van der Waals surface area contributed by atoms with Gasteiger partial charge < -0.3 is 4.90 Å². The van der Waals surface area contributed by atoms with E-state index in [9.17, 15) is 18.0 Å². The van der Waals surface area contributed by atoms with Gasteiger partial charge >= 0.3 is 6.18 Å². The van der Waals surface area contributed by atoms with Crippen LogP contribution in [-0.2, 0) is 6.18 Å². The minimum atomic E-state index is -4.59. The van der Waals surface area contributed by atoms with Crippen LogP contribution in [-0.4, -0.2) is 33.3 Å². The number of hydrogen-bond donors (Lipinski definition) is 0. The van der Waals surface area contributed by atoms with Crippen molar-refractivity contribution in [1.29, 1.82) is 0 Å². The summed E-state index contributed by atoms with van der Waals surface area (Å²) >= 11 is 9.09. The summed E-state index contributed by atoms with van der Waals surface area (Å²) < 4.78 is 40.6. The highest BCUT2D eigenvalue weighted by atomic mass is 79.9. The molecule has 1 aliphatic heterocycles. The molecule has 1 saturated heterocycles. The fourth-order valence-corrected chi connectivity index (χ4v) is 3.13. The maximum Gasteiger partial charge on any atom is 0.420 e. The predicted octanol–water partition coefficient (Wildman–Crippen LogP) is 3.86. The number of alkyl halides is 3. The summed E-state index contributed by atoms with van der Waals surface area (Å²) in [5.74, 6) is -0.0734. The Morgan fingerprint density at radius 3 is 2.64 bits per heavy atom. The smallest absolute Gasteiger partial charge is 0.337 e. The van der Waals surface area contributed by atoms with Crippen molar-refractivity contribution < 1.29 is 18.0 Å². The molecule has 1 amide bonds. The van der Waals surface area contributed by atoms with Crippen LogP contribution in [0.25, 0.3) is 5.65 Å². The lowest BCUT2D eigenvalue weighted by Crippen LogP contribution is -2.48. The minimum Gasteiger partial charge on any atom is -0.337 e. The van der Waals surface area contributed by atoms with Gasteiger partial charge in [-0.25, -0.2) is 4.98 Å². The molecule has 0 bridgehead atoms.